The Kier molecular flexibility index (Phi) is 8.32. The lowest BCUT2D eigenvalue weighted by Crippen LogP contribution is -2.24. The number of ether oxygens (including phenoxy) is 3. The van der Waals surface area contributed by atoms with Crippen molar-refractivity contribution in [1.29, 1.82) is 0 Å². The summed E-state index contributed by atoms with van der Waals surface area (Å²) in [5.41, 5.74) is 1.78. The van der Waals surface area contributed by atoms with Gasteiger partial charge in [-0.3, -0.25) is 4.79 Å². The van der Waals surface area contributed by atoms with Crippen LogP contribution < -0.4 is 10.1 Å². The van der Waals surface area contributed by atoms with Gasteiger partial charge < -0.3 is 19.5 Å². The first-order chi connectivity index (χ1) is 16.6. The number of nitrogens with one attached hydrogen (secondary N) is 1. The summed E-state index contributed by atoms with van der Waals surface area (Å²) in [6, 6.07) is 7.62. The number of carbonyl (C=O) groups is 2. The zero-order valence-corrected chi connectivity index (χ0v) is 20.8. The number of rotatable bonds is 10. The van der Waals surface area contributed by atoms with Gasteiger partial charge in [0.2, 0.25) is 0 Å². The first kappa shape index (κ1) is 26.0. The third-order valence-corrected chi connectivity index (χ3v) is 5.04. The Morgan fingerprint density at radius 2 is 1.97 bits per heavy atom. The van der Waals surface area contributed by atoms with Gasteiger partial charge in [0.15, 0.2) is 0 Å². The van der Waals surface area contributed by atoms with Crippen LogP contribution in [0.1, 0.15) is 69.4 Å². The Labute approximate surface area is 204 Å². The number of aromatic nitrogens is 2. The van der Waals surface area contributed by atoms with Crippen LogP contribution in [0, 0.1) is 5.82 Å². The fraction of sp³-hybridized carbons (Fsp3) is 0.423. The van der Waals surface area contributed by atoms with Crippen LogP contribution >= 0.6 is 0 Å². The quantitative estimate of drug-likeness (QED) is 0.307. The molecule has 0 aliphatic heterocycles. The molecule has 2 aromatic heterocycles. The third kappa shape index (κ3) is 7.18. The number of nitrogens with zero attached hydrogens (tertiary/aromatic N) is 2. The van der Waals surface area contributed by atoms with E-state index in [9.17, 15) is 14.0 Å². The molecule has 188 valence electrons. The smallest absolute Gasteiger partial charge is 0.341 e. The van der Waals surface area contributed by atoms with Gasteiger partial charge in [-0.1, -0.05) is 0 Å². The molecule has 0 saturated carbocycles. The van der Waals surface area contributed by atoms with E-state index >= 15 is 0 Å². The largest absolute Gasteiger partial charge is 0.493 e. The minimum Gasteiger partial charge on any atom is -0.493 e. The van der Waals surface area contributed by atoms with E-state index in [1.54, 1.807) is 29.8 Å². The molecule has 0 fully saturated rings. The summed E-state index contributed by atoms with van der Waals surface area (Å²) < 4.78 is 31.9. The van der Waals surface area contributed by atoms with Crippen LogP contribution in [0.25, 0.3) is 5.52 Å². The second kappa shape index (κ2) is 11.2. The first-order valence-corrected chi connectivity index (χ1v) is 11.6. The lowest BCUT2D eigenvalue weighted by Gasteiger charge is -2.20. The van der Waals surface area contributed by atoms with Crippen molar-refractivity contribution in [1.82, 2.24) is 9.61 Å². The van der Waals surface area contributed by atoms with Gasteiger partial charge in [0.25, 0.3) is 0 Å². The number of benzene rings is 1. The summed E-state index contributed by atoms with van der Waals surface area (Å²) in [6.07, 6.45) is 3.90. The fourth-order valence-corrected chi connectivity index (χ4v) is 3.54. The highest BCUT2D eigenvalue weighted by atomic mass is 19.1. The maximum Gasteiger partial charge on any atom is 0.341 e. The molecule has 35 heavy (non-hydrogen) atoms. The van der Waals surface area contributed by atoms with Gasteiger partial charge in [0.05, 0.1) is 31.0 Å². The summed E-state index contributed by atoms with van der Waals surface area (Å²) in [6.45, 7) is 9.65. The molecule has 9 heteroatoms. The molecular weight excluding hydrogens is 453 g/mol. The number of hydrogen-bond donors (Lipinski definition) is 1. The molecule has 8 nitrogen and oxygen atoms in total. The zero-order valence-electron chi connectivity index (χ0n) is 20.8. The maximum atomic E-state index is 14.1. The molecule has 0 aliphatic rings. The molecule has 3 rings (SSSR count). The number of esters is 2. The Bertz CT molecular complexity index is 1190. The Hall–Kier alpha value is -3.62. The van der Waals surface area contributed by atoms with E-state index in [0.717, 1.165) is 5.69 Å². The van der Waals surface area contributed by atoms with Crippen molar-refractivity contribution in [2.75, 3.05) is 18.5 Å². The number of halogens is 1. The van der Waals surface area contributed by atoms with E-state index in [-0.39, 0.29) is 37.5 Å². The third-order valence-electron chi connectivity index (χ3n) is 5.04. The molecule has 1 N–H and O–H groups in total. The van der Waals surface area contributed by atoms with Gasteiger partial charge >= 0.3 is 11.9 Å². The van der Waals surface area contributed by atoms with Crippen LogP contribution in [0.15, 0.2) is 42.7 Å². The van der Waals surface area contributed by atoms with Gasteiger partial charge in [-0.05, 0) is 71.4 Å². The van der Waals surface area contributed by atoms with Crippen molar-refractivity contribution in [2.24, 2.45) is 0 Å². The molecule has 0 spiro atoms. The second-order valence-corrected chi connectivity index (χ2v) is 9.11. The first-order valence-electron chi connectivity index (χ1n) is 11.6. The number of pyridine rings is 1. The van der Waals surface area contributed by atoms with E-state index in [2.05, 4.69) is 10.4 Å². The highest BCUT2D eigenvalue weighted by molar-refractivity contribution is 5.97. The minimum atomic E-state index is -0.528. The Morgan fingerprint density at radius 1 is 1.20 bits per heavy atom. The summed E-state index contributed by atoms with van der Waals surface area (Å²) >= 11 is 0. The summed E-state index contributed by atoms with van der Waals surface area (Å²) in [7, 11) is 0. The SMILES string of the molecule is CCOC(=O)c1cnn2ccc(N[C@H](C)c3cc(F)ccc3OCCCC(=O)OC(C)(C)C)cc12. The molecule has 1 atom stereocenters. The predicted octanol–water partition coefficient (Wildman–Crippen LogP) is 5.32. The predicted molar refractivity (Wildman–Crippen MR) is 130 cm³/mol. The fourth-order valence-electron chi connectivity index (χ4n) is 3.54. The van der Waals surface area contributed by atoms with Crippen LogP contribution in [0.5, 0.6) is 5.75 Å². The molecular formula is C26H32FN3O5. The van der Waals surface area contributed by atoms with Gasteiger partial charge in [-0.15, -0.1) is 0 Å². The molecule has 0 unspecified atom stereocenters. The molecule has 0 saturated heterocycles. The lowest BCUT2D eigenvalue weighted by atomic mass is 10.1. The summed E-state index contributed by atoms with van der Waals surface area (Å²) in [5.74, 6) is -0.591. The molecule has 1 aromatic carbocycles. The molecule has 0 aliphatic carbocycles. The highest BCUT2D eigenvalue weighted by Gasteiger charge is 2.18. The molecule has 0 bridgehead atoms. The van der Waals surface area contributed by atoms with E-state index < -0.39 is 11.6 Å². The van der Waals surface area contributed by atoms with E-state index in [1.165, 1.54) is 18.3 Å². The van der Waals surface area contributed by atoms with Crippen LogP contribution in [0.3, 0.4) is 0 Å². The monoisotopic (exact) mass is 485 g/mol. The summed E-state index contributed by atoms with van der Waals surface area (Å²) in [5, 5.41) is 7.51. The van der Waals surface area contributed by atoms with Crippen LogP contribution in [0.4, 0.5) is 10.1 Å². The molecule has 0 radical (unpaired) electrons. The molecule has 3 aromatic rings. The normalized spacial score (nSPS) is 12.3. The molecule has 2 heterocycles. The zero-order chi connectivity index (χ0) is 25.6. The average Bonchev–Trinajstić information content (AvgIpc) is 3.20. The van der Waals surface area contributed by atoms with Gasteiger partial charge in [0.1, 0.15) is 22.7 Å². The van der Waals surface area contributed by atoms with Crippen LogP contribution in [-0.4, -0.2) is 40.4 Å². The topological polar surface area (TPSA) is 91.2 Å². The lowest BCUT2D eigenvalue weighted by molar-refractivity contribution is -0.155. The average molecular weight is 486 g/mol. The van der Waals surface area contributed by atoms with Crippen molar-refractivity contribution in [3.8, 4) is 5.75 Å². The summed E-state index contributed by atoms with van der Waals surface area (Å²) in [4.78, 5) is 24.1. The second-order valence-electron chi connectivity index (χ2n) is 9.11. The van der Waals surface area contributed by atoms with Gasteiger partial charge in [-0.25, -0.2) is 13.7 Å². The van der Waals surface area contributed by atoms with Crippen molar-refractivity contribution in [3.63, 3.8) is 0 Å². The van der Waals surface area contributed by atoms with E-state index in [1.807, 2.05) is 33.8 Å². The van der Waals surface area contributed by atoms with E-state index in [0.29, 0.717) is 28.8 Å². The van der Waals surface area contributed by atoms with Crippen molar-refractivity contribution < 1.29 is 28.2 Å². The number of fused-ring (bicyclic) bond motifs is 1. The van der Waals surface area contributed by atoms with Crippen LogP contribution in [-0.2, 0) is 14.3 Å². The number of carbonyl (C=O) groups excluding carboxylic acids is 2. The standard InChI is InChI=1S/C26H32FN3O5/c1-6-33-25(32)21-16-28-30-12-11-19(15-22(21)30)29-17(2)20-14-18(27)9-10-23(20)34-13-7-8-24(31)35-26(3,4)5/h9-12,14-17,29H,6-8,13H2,1-5H3/t17-/m1/s1. The van der Waals surface area contributed by atoms with Crippen molar-refractivity contribution in [3.05, 3.63) is 59.7 Å². The Morgan fingerprint density at radius 3 is 2.69 bits per heavy atom. The van der Waals surface area contributed by atoms with Crippen LogP contribution in [0.2, 0.25) is 0 Å². The highest BCUT2D eigenvalue weighted by Crippen LogP contribution is 2.30. The van der Waals surface area contributed by atoms with Crippen molar-refractivity contribution >= 4 is 23.1 Å². The minimum absolute atomic E-state index is 0.232. The van der Waals surface area contributed by atoms with Gasteiger partial charge in [-0.2, -0.15) is 5.10 Å². The Balaban J connectivity index is 1.69. The number of anilines is 1. The van der Waals surface area contributed by atoms with Gasteiger partial charge in [0, 0.05) is 23.9 Å². The molecule has 0 amide bonds. The maximum absolute atomic E-state index is 14.1. The van der Waals surface area contributed by atoms with Crippen molar-refractivity contribution in [2.45, 2.75) is 59.1 Å². The number of hydrogen-bond acceptors (Lipinski definition) is 7. The van der Waals surface area contributed by atoms with E-state index in [4.69, 9.17) is 14.2 Å².